The van der Waals surface area contributed by atoms with Crippen molar-refractivity contribution in [1.29, 1.82) is 5.26 Å². The molecule has 24 heavy (non-hydrogen) atoms. The zero-order valence-corrected chi connectivity index (χ0v) is 14.5. The lowest BCUT2D eigenvalue weighted by molar-refractivity contribution is -0.129. The highest BCUT2D eigenvalue weighted by Crippen LogP contribution is 2.39. The lowest BCUT2D eigenvalue weighted by Gasteiger charge is -2.32. The number of hydrogen-bond donors (Lipinski definition) is 2. The van der Waals surface area contributed by atoms with Crippen molar-refractivity contribution in [2.45, 2.75) is 51.0 Å². The summed E-state index contributed by atoms with van der Waals surface area (Å²) in [5.74, 6) is 0.979. The van der Waals surface area contributed by atoms with Gasteiger partial charge >= 0.3 is 0 Å². The van der Waals surface area contributed by atoms with E-state index in [1.807, 2.05) is 11.8 Å². The Morgan fingerprint density at radius 2 is 2.00 bits per heavy atom. The Balaban J connectivity index is 1.44. The molecule has 3 rings (SSSR count). The number of likely N-dealkylation sites (tertiary alicyclic amines) is 1. The van der Waals surface area contributed by atoms with E-state index < -0.39 is 5.54 Å². The fourth-order valence-electron chi connectivity index (χ4n) is 3.54. The minimum atomic E-state index is -0.742. The molecule has 6 heteroatoms. The maximum absolute atomic E-state index is 12.3. The molecule has 3 aliphatic rings. The summed E-state index contributed by atoms with van der Waals surface area (Å²) in [4.78, 5) is 26.6. The van der Waals surface area contributed by atoms with Crippen molar-refractivity contribution >= 4 is 11.8 Å². The zero-order valence-electron chi connectivity index (χ0n) is 14.5. The summed E-state index contributed by atoms with van der Waals surface area (Å²) in [6.45, 7) is 4.37. The molecule has 1 saturated heterocycles. The van der Waals surface area contributed by atoms with E-state index in [9.17, 15) is 14.9 Å². The van der Waals surface area contributed by atoms with Gasteiger partial charge in [-0.25, -0.2) is 0 Å². The van der Waals surface area contributed by atoms with E-state index in [1.165, 1.54) is 12.8 Å². The highest BCUT2D eigenvalue weighted by Gasteiger charge is 2.43. The number of hydrogen-bond acceptors (Lipinski definition) is 4. The largest absolute Gasteiger partial charge is 0.356 e. The molecule has 0 unspecified atom stereocenters. The molecule has 132 valence electrons. The Bertz CT molecular complexity index is 536. The Morgan fingerprint density at radius 1 is 1.25 bits per heavy atom. The van der Waals surface area contributed by atoms with E-state index in [0.29, 0.717) is 12.5 Å². The number of amides is 2. The smallest absolute Gasteiger partial charge is 0.235 e. The molecule has 0 aromatic heterocycles. The maximum atomic E-state index is 12.3. The fraction of sp³-hybridized carbons (Fsp3) is 0.833. The van der Waals surface area contributed by atoms with Gasteiger partial charge in [-0.15, -0.1) is 0 Å². The average Bonchev–Trinajstić information content (AvgIpc) is 3.45. The second-order valence-corrected chi connectivity index (χ2v) is 7.90. The molecule has 3 fully saturated rings. The van der Waals surface area contributed by atoms with Crippen LogP contribution in [0.4, 0.5) is 0 Å². The van der Waals surface area contributed by atoms with Crippen LogP contribution in [0.25, 0.3) is 0 Å². The van der Waals surface area contributed by atoms with Gasteiger partial charge in [-0.2, -0.15) is 5.26 Å². The predicted molar refractivity (Wildman–Crippen MR) is 89.8 cm³/mol. The minimum absolute atomic E-state index is 0.0175. The molecule has 0 radical (unpaired) electrons. The first kappa shape index (κ1) is 17.2. The maximum Gasteiger partial charge on any atom is 0.235 e. The SMILES string of the molecule is C[C@@](C#N)(NC(=O)CN1CCC[C@@H](C(=O)NCC2CC2)C1)C1CC1. The van der Waals surface area contributed by atoms with Crippen LogP contribution in [-0.2, 0) is 9.59 Å². The summed E-state index contributed by atoms with van der Waals surface area (Å²) in [7, 11) is 0. The molecular formula is C18H28N4O2. The topological polar surface area (TPSA) is 85.2 Å². The Hall–Kier alpha value is -1.61. The summed E-state index contributed by atoms with van der Waals surface area (Å²) in [6.07, 6.45) is 6.32. The molecule has 0 spiro atoms. The Labute approximate surface area is 144 Å². The van der Waals surface area contributed by atoms with E-state index in [-0.39, 0.29) is 30.2 Å². The molecule has 2 saturated carbocycles. The lowest BCUT2D eigenvalue weighted by atomic mass is 9.96. The molecule has 0 aromatic rings. The van der Waals surface area contributed by atoms with Crippen LogP contribution in [0.15, 0.2) is 0 Å². The summed E-state index contributed by atoms with van der Waals surface area (Å²) in [5, 5.41) is 15.3. The first-order valence-electron chi connectivity index (χ1n) is 9.22. The molecule has 2 atom stereocenters. The van der Waals surface area contributed by atoms with Crippen LogP contribution in [0.5, 0.6) is 0 Å². The number of rotatable bonds is 7. The van der Waals surface area contributed by atoms with Gasteiger partial charge in [-0.1, -0.05) is 0 Å². The van der Waals surface area contributed by atoms with Crippen LogP contribution in [-0.4, -0.2) is 48.4 Å². The van der Waals surface area contributed by atoms with Gasteiger partial charge in [-0.05, 0) is 63.8 Å². The van der Waals surface area contributed by atoms with Gasteiger partial charge in [0.25, 0.3) is 0 Å². The summed E-state index contributed by atoms with van der Waals surface area (Å²) in [5.41, 5.74) is -0.742. The first-order chi connectivity index (χ1) is 11.5. The number of carbonyl (C=O) groups is 2. The van der Waals surface area contributed by atoms with Crippen LogP contribution in [0.2, 0.25) is 0 Å². The van der Waals surface area contributed by atoms with E-state index in [2.05, 4.69) is 16.7 Å². The highest BCUT2D eigenvalue weighted by atomic mass is 16.2. The molecule has 2 amide bonds. The Kier molecular flexibility index (Phi) is 5.09. The van der Waals surface area contributed by atoms with Crippen molar-refractivity contribution in [3.05, 3.63) is 0 Å². The van der Waals surface area contributed by atoms with E-state index in [4.69, 9.17) is 0 Å². The molecule has 2 aliphatic carbocycles. The number of nitriles is 1. The average molecular weight is 332 g/mol. The van der Waals surface area contributed by atoms with E-state index in [1.54, 1.807) is 0 Å². The van der Waals surface area contributed by atoms with Crippen LogP contribution < -0.4 is 10.6 Å². The number of nitrogens with zero attached hydrogens (tertiary/aromatic N) is 2. The fourth-order valence-corrected chi connectivity index (χ4v) is 3.54. The monoisotopic (exact) mass is 332 g/mol. The van der Waals surface area contributed by atoms with Crippen molar-refractivity contribution in [2.24, 2.45) is 17.8 Å². The molecular weight excluding hydrogens is 304 g/mol. The van der Waals surface area contributed by atoms with Crippen LogP contribution in [0, 0.1) is 29.1 Å². The third-order valence-electron chi connectivity index (χ3n) is 5.53. The second kappa shape index (κ2) is 7.10. The third kappa shape index (κ3) is 4.47. The van der Waals surface area contributed by atoms with Crippen LogP contribution in [0.1, 0.15) is 45.4 Å². The molecule has 1 heterocycles. The minimum Gasteiger partial charge on any atom is -0.356 e. The highest BCUT2D eigenvalue weighted by molar-refractivity contribution is 5.80. The van der Waals surface area contributed by atoms with Crippen LogP contribution >= 0.6 is 0 Å². The van der Waals surface area contributed by atoms with Crippen molar-refractivity contribution in [1.82, 2.24) is 15.5 Å². The van der Waals surface area contributed by atoms with Gasteiger partial charge in [0.15, 0.2) is 0 Å². The van der Waals surface area contributed by atoms with Gasteiger partial charge in [0.05, 0.1) is 18.5 Å². The Morgan fingerprint density at radius 3 is 2.62 bits per heavy atom. The van der Waals surface area contributed by atoms with Gasteiger partial charge in [0.2, 0.25) is 11.8 Å². The number of carbonyl (C=O) groups excluding carboxylic acids is 2. The zero-order chi connectivity index (χ0) is 17.2. The standard InChI is InChI=1S/C18H28N4O2/c1-18(12-19,15-6-7-15)21-16(23)11-22-8-2-3-14(10-22)17(24)20-9-13-4-5-13/h13-15H,2-11H2,1H3,(H,20,24)(H,21,23)/t14-,18+/m1/s1. The molecule has 0 bridgehead atoms. The molecule has 1 aliphatic heterocycles. The van der Waals surface area contributed by atoms with Crippen LogP contribution in [0.3, 0.4) is 0 Å². The van der Waals surface area contributed by atoms with Gasteiger partial charge in [0.1, 0.15) is 5.54 Å². The molecule has 0 aromatic carbocycles. The van der Waals surface area contributed by atoms with Gasteiger partial charge < -0.3 is 10.6 Å². The quantitative estimate of drug-likeness (QED) is 0.729. The van der Waals surface area contributed by atoms with Crippen molar-refractivity contribution in [2.75, 3.05) is 26.2 Å². The van der Waals surface area contributed by atoms with Crippen molar-refractivity contribution in [3.63, 3.8) is 0 Å². The number of piperidine rings is 1. The van der Waals surface area contributed by atoms with Gasteiger partial charge in [-0.3, -0.25) is 14.5 Å². The number of nitrogens with one attached hydrogen (secondary N) is 2. The molecule has 6 nitrogen and oxygen atoms in total. The molecule has 2 N–H and O–H groups in total. The van der Waals surface area contributed by atoms with Crippen molar-refractivity contribution < 1.29 is 9.59 Å². The first-order valence-corrected chi connectivity index (χ1v) is 9.22. The normalized spacial score (nSPS) is 26.9. The second-order valence-electron chi connectivity index (χ2n) is 7.90. The summed E-state index contributed by atoms with van der Waals surface area (Å²) < 4.78 is 0. The van der Waals surface area contributed by atoms with Gasteiger partial charge in [0, 0.05) is 13.1 Å². The van der Waals surface area contributed by atoms with E-state index in [0.717, 1.165) is 38.8 Å². The van der Waals surface area contributed by atoms with E-state index >= 15 is 0 Å². The predicted octanol–water partition coefficient (Wildman–Crippen LogP) is 1.03. The summed E-state index contributed by atoms with van der Waals surface area (Å²) >= 11 is 0. The third-order valence-corrected chi connectivity index (χ3v) is 5.53. The summed E-state index contributed by atoms with van der Waals surface area (Å²) in [6, 6.07) is 2.25. The van der Waals surface area contributed by atoms with Crippen molar-refractivity contribution in [3.8, 4) is 6.07 Å². The lowest BCUT2D eigenvalue weighted by Crippen LogP contribution is -2.52.